The number of fused-ring (bicyclic) bond motifs is 3. The Morgan fingerprint density at radius 1 is 1.27 bits per heavy atom. The molecule has 3 N–H and O–H groups in total. The van der Waals surface area contributed by atoms with Crippen LogP contribution in [0, 0.1) is 18.3 Å². The molecule has 9 heteroatoms. The summed E-state index contributed by atoms with van der Waals surface area (Å²) < 4.78 is 0. The first-order valence-corrected chi connectivity index (χ1v) is 10.5. The van der Waals surface area contributed by atoms with Crippen LogP contribution in [0.25, 0.3) is 11.0 Å². The van der Waals surface area contributed by atoms with Crippen LogP contribution in [-0.4, -0.2) is 54.7 Å². The third-order valence-electron chi connectivity index (χ3n) is 6.12. The Morgan fingerprint density at radius 3 is 2.83 bits per heavy atom. The molecule has 0 aliphatic carbocycles. The van der Waals surface area contributed by atoms with Crippen molar-refractivity contribution in [1.29, 1.82) is 5.26 Å². The summed E-state index contributed by atoms with van der Waals surface area (Å²) in [4.78, 5) is 16.4. The number of nitriles is 1. The van der Waals surface area contributed by atoms with Crippen LogP contribution in [0.1, 0.15) is 37.8 Å². The van der Waals surface area contributed by atoms with Crippen molar-refractivity contribution in [1.82, 2.24) is 30.0 Å². The molecule has 2 atom stereocenters. The maximum Gasteiger partial charge on any atom is 0.226 e. The number of hydrogen-bond acceptors (Lipinski definition) is 8. The Bertz CT molecular complexity index is 1070. The first-order valence-electron chi connectivity index (χ1n) is 10.5. The van der Waals surface area contributed by atoms with Gasteiger partial charge in [-0.05, 0) is 44.7 Å². The molecule has 3 aromatic rings. The van der Waals surface area contributed by atoms with E-state index in [1.165, 1.54) is 12.8 Å². The van der Waals surface area contributed by atoms with Crippen LogP contribution in [0.5, 0.6) is 0 Å². The van der Waals surface area contributed by atoms with E-state index in [4.69, 9.17) is 10.2 Å². The van der Waals surface area contributed by atoms with E-state index in [9.17, 15) is 0 Å². The lowest BCUT2D eigenvalue weighted by Crippen LogP contribution is -2.47. The summed E-state index contributed by atoms with van der Waals surface area (Å²) in [5, 5.41) is 23.8. The number of piperidine rings is 1. The Morgan fingerprint density at radius 2 is 2.10 bits per heavy atom. The zero-order valence-electron chi connectivity index (χ0n) is 17.0. The van der Waals surface area contributed by atoms with Gasteiger partial charge in [0.2, 0.25) is 5.95 Å². The van der Waals surface area contributed by atoms with E-state index in [1.54, 1.807) is 6.20 Å². The third kappa shape index (κ3) is 3.66. The Kier molecular flexibility index (Phi) is 4.93. The number of rotatable bonds is 6. The maximum atomic E-state index is 8.93. The minimum absolute atomic E-state index is 0.322. The van der Waals surface area contributed by atoms with Gasteiger partial charge in [-0.2, -0.15) is 20.3 Å². The van der Waals surface area contributed by atoms with Crippen molar-refractivity contribution in [3.8, 4) is 6.07 Å². The van der Waals surface area contributed by atoms with Gasteiger partial charge in [-0.25, -0.2) is 4.98 Å². The summed E-state index contributed by atoms with van der Waals surface area (Å²) in [6.07, 6.45) is 6.86. The molecule has 2 fully saturated rings. The second kappa shape index (κ2) is 7.88. The molecule has 3 aromatic heterocycles. The molecular weight excluding hydrogens is 378 g/mol. The largest absolute Gasteiger partial charge is 0.351 e. The van der Waals surface area contributed by atoms with Gasteiger partial charge in [0.15, 0.2) is 11.5 Å². The maximum absolute atomic E-state index is 8.93. The summed E-state index contributed by atoms with van der Waals surface area (Å²) >= 11 is 0. The van der Waals surface area contributed by atoms with Crippen LogP contribution in [0.3, 0.4) is 0 Å². The van der Waals surface area contributed by atoms with Crippen molar-refractivity contribution in [3.05, 3.63) is 30.1 Å². The fourth-order valence-corrected chi connectivity index (χ4v) is 4.84. The van der Waals surface area contributed by atoms with E-state index in [1.807, 2.05) is 25.1 Å². The fraction of sp³-hybridized carbons (Fsp3) is 0.476. The van der Waals surface area contributed by atoms with E-state index in [0.29, 0.717) is 47.8 Å². The molecule has 2 bridgehead atoms. The molecular formula is C21H25N9. The van der Waals surface area contributed by atoms with Gasteiger partial charge in [0.05, 0.1) is 11.5 Å². The molecule has 2 aliphatic rings. The molecule has 9 nitrogen and oxygen atoms in total. The molecule has 2 saturated heterocycles. The number of H-pyrrole nitrogens is 1. The van der Waals surface area contributed by atoms with Gasteiger partial charge >= 0.3 is 0 Å². The van der Waals surface area contributed by atoms with Crippen LogP contribution in [0.2, 0.25) is 0 Å². The Labute approximate surface area is 174 Å². The number of aromatic nitrogens is 5. The fourth-order valence-electron chi connectivity index (χ4n) is 4.84. The van der Waals surface area contributed by atoms with Gasteiger partial charge in [0.25, 0.3) is 0 Å². The highest BCUT2D eigenvalue weighted by atomic mass is 15.3. The van der Waals surface area contributed by atoms with Crippen molar-refractivity contribution in [2.24, 2.45) is 0 Å². The summed E-state index contributed by atoms with van der Waals surface area (Å²) in [6.45, 7) is 2.84. The second-order valence-corrected chi connectivity index (χ2v) is 8.18. The topological polar surface area (TPSA) is 118 Å². The zero-order chi connectivity index (χ0) is 20.5. The molecule has 0 saturated carbocycles. The van der Waals surface area contributed by atoms with E-state index in [-0.39, 0.29) is 0 Å². The average Bonchev–Trinajstić information content (AvgIpc) is 3.25. The molecule has 5 rings (SSSR count). The van der Waals surface area contributed by atoms with Crippen molar-refractivity contribution in [3.63, 3.8) is 0 Å². The molecule has 2 aliphatic heterocycles. The van der Waals surface area contributed by atoms with Gasteiger partial charge in [-0.15, -0.1) is 0 Å². The minimum atomic E-state index is 0.322. The molecule has 0 amide bonds. The first-order chi connectivity index (χ1) is 14.7. The van der Waals surface area contributed by atoms with Crippen LogP contribution in [-0.2, 0) is 0 Å². The quantitative estimate of drug-likeness (QED) is 0.574. The predicted molar refractivity (Wildman–Crippen MR) is 114 cm³/mol. The lowest BCUT2D eigenvalue weighted by molar-refractivity contribution is 0.135. The van der Waals surface area contributed by atoms with Crippen LogP contribution >= 0.6 is 0 Å². The third-order valence-corrected chi connectivity index (χ3v) is 6.12. The van der Waals surface area contributed by atoms with Crippen molar-refractivity contribution in [2.45, 2.75) is 57.2 Å². The number of nitrogens with one attached hydrogen (secondary N) is 3. The number of aryl methyl sites for hydroxylation is 1. The van der Waals surface area contributed by atoms with Crippen LogP contribution < -0.4 is 10.6 Å². The number of hydrogen-bond donors (Lipinski definition) is 3. The highest BCUT2D eigenvalue weighted by Gasteiger charge is 2.40. The molecule has 0 aromatic carbocycles. The van der Waals surface area contributed by atoms with E-state index in [0.717, 1.165) is 30.5 Å². The van der Waals surface area contributed by atoms with Gasteiger partial charge in [-0.3, -0.25) is 10.00 Å². The Balaban J connectivity index is 1.37. The minimum Gasteiger partial charge on any atom is -0.351 e. The molecule has 154 valence electrons. The van der Waals surface area contributed by atoms with E-state index >= 15 is 0 Å². The summed E-state index contributed by atoms with van der Waals surface area (Å²) in [5.74, 6) is 1.99. The van der Waals surface area contributed by atoms with Crippen molar-refractivity contribution < 1.29 is 0 Å². The average molecular weight is 403 g/mol. The summed E-state index contributed by atoms with van der Waals surface area (Å²) in [6, 6.07) is 9.46. The lowest BCUT2D eigenvalue weighted by atomic mass is 9.97. The van der Waals surface area contributed by atoms with Gasteiger partial charge < -0.3 is 10.6 Å². The lowest BCUT2D eigenvalue weighted by Gasteiger charge is -2.38. The van der Waals surface area contributed by atoms with Gasteiger partial charge in [0, 0.05) is 49.0 Å². The number of anilines is 3. The van der Waals surface area contributed by atoms with Crippen LogP contribution in [0.4, 0.5) is 17.6 Å². The SMILES string of the molecule is Cc1cc(Nc2nc(NC3CC4CCC(C3)N4CCC#N)nc3ncccc23)n[nH]1. The number of pyridine rings is 1. The standard InChI is InChI=1S/C21H25N9/c1-13-10-18(29-28-13)25-20-17-4-2-8-23-19(17)26-21(27-20)24-14-11-15-5-6-16(12-14)30(15)9-3-7-22/h2,4,8,10,14-16H,3,5-6,9,11-12H2,1H3,(H3,23,24,25,26,27,28,29). The molecule has 5 heterocycles. The smallest absolute Gasteiger partial charge is 0.226 e. The molecule has 0 radical (unpaired) electrons. The van der Waals surface area contributed by atoms with Gasteiger partial charge in [0.1, 0.15) is 5.82 Å². The summed E-state index contributed by atoms with van der Waals surface area (Å²) in [7, 11) is 0. The predicted octanol–water partition coefficient (Wildman–Crippen LogP) is 3.12. The molecule has 0 spiro atoms. The molecule has 2 unspecified atom stereocenters. The van der Waals surface area contributed by atoms with Crippen LogP contribution in [0.15, 0.2) is 24.4 Å². The van der Waals surface area contributed by atoms with Crippen molar-refractivity contribution >= 4 is 28.6 Å². The zero-order valence-corrected chi connectivity index (χ0v) is 17.0. The monoisotopic (exact) mass is 403 g/mol. The van der Waals surface area contributed by atoms with Gasteiger partial charge in [-0.1, -0.05) is 0 Å². The van der Waals surface area contributed by atoms with E-state index in [2.05, 4.69) is 41.8 Å². The highest BCUT2D eigenvalue weighted by molar-refractivity contribution is 5.89. The normalized spacial score (nSPS) is 23.4. The first kappa shape index (κ1) is 18.8. The Hall–Kier alpha value is -3.25. The second-order valence-electron chi connectivity index (χ2n) is 8.18. The van der Waals surface area contributed by atoms with Crippen molar-refractivity contribution in [2.75, 3.05) is 17.2 Å². The summed E-state index contributed by atoms with van der Waals surface area (Å²) in [5.41, 5.74) is 1.63. The highest BCUT2D eigenvalue weighted by Crippen LogP contribution is 2.36. The number of nitrogens with zero attached hydrogens (tertiary/aromatic N) is 6. The molecule has 30 heavy (non-hydrogen) atoms. The van der Waals surface area contributed by atoms with E-state index < -0.39 is 0 Å². The number of aromatic amines is 1.